The molecule has 0 bridgehead atoms. The highest BCUT2D eigenvalue weighted by molar-refractivity contribution is 5.31. The van der Waals surface area contributed by atoms with E-state index in [2.05, 4.69) is 14.6 Å². The number of aromatic nitrogens is 2. The molecular formula is C19H21F3N4O5. The molecule has 1 aromatic heterocycles. The zero-order valence-electron chi connectivity index (χ0n) is 16.7. The summed E-state index contributed by atoms with van der Waals surface area (Å²) in [6, 6.07) is 5.66. The Labute approximate surface area is 175 Å². The molecule has 168 valence electrons. The maximum Gasteiger partial charge on any atom is 0.573 e. The van der Waals surface area contributed by atoms with Crippen molar-refractivity contribution in [2.24, 2.45) is 0 Å². The van der Waals surface area contributed by atoms with Crippen molar-refractivity contribution in [3.8, 4) is 17.5 Å². The van der Waals surface area contributed by atoms with E-state index in [1.807, 2.05) is 6.92 Å². The lowest BCUT2D eigenvalue weighted by Gasteiger charge is -2.32. The summed E-state index contributed by atoms with van der Waals surface area (Å²) >= 11 is 0. The third kappa shape index (κ3) is 5.01. The Bertz CT molecular complexity index is 924. The van der Waals surface area contributed by atoms with Gasteiger partial charge in [0.2, 0.25) is 0 Å². The third-order valence-electron chi connectivity index (χ3n) is 5.29. The first kappa shape index (κ1) is 21.2. The van der Waals surface area contributed by atoms with E-state index in [4.69, 9.17) is 9.47 Å². The first-order valence-corrected chi connectivity index (χ1v) is 9.73. The molecule has 12 heteroatoms. The van der Waals surface area contributed by atoms with Crippen LogP contribution in [0.5, 0.6) is 17.5 Å². The van der Waals surface area contributed by atoms with Crippen LogP contribution in [0, 0.1) is 10.1 Å². The van der Waals surface area contributed by atoms with Gasteiger partial charge in [-0.25, -0.2) is 0 Å². The van der Waals surface area contributed by atoms with Crippen LogP contribution in [0.1, 0.15) is 19.8 Å². The molecule has 31 heavy (non-hydrogen) atoms. The molecular weight excluding hydrogens is 421 g/mol. The largest absolute Gasteiger partial charge is 0.573 e. The SMILES string of the molecule is C[C@]1(CN2CCC[C@H]2COc2ccc(OC(F)(F)F)cc2)Cn2cc([N+](=O)[O-])nc2O1. The lowest BCUT2D eigenvalue weighted by atomic mass is 10.1. The van der Waals surface area contributed by atoms with Crippen LogP contribution >= 0.6 is 0 Å². The molecule has 3 heterocycles. The minimum atomic E-state index is -4.73. The molecule has 1 aromatic carbocycles. The average Bonchev–Trinajstić information content (AvgIpc) is 3.33. The van der Waals surface area contributed by atoms with Gasteiger partial charge in [0.1, 0.15) is 29.9 Å². The molecule has 0 amide bonds. The van der Waals surface area contributed by atoms with E-state index in [1.54, 1.807) is 4.57 Å². The molecule has 2 aliphatic rings. The van der Waals surface area contributed by atoms with Crippen molar-refractivity contribution in [2.75, 3.05) is 19.7 Å². The summed E-state index contributed by atoms with van der Waals surface area (Å²) in [5, 5.41) is 10.9. The Morgan fingerprint density at radius 2 is 2.03 bits per heavy atom. The van der Waals surface area contributed by atoms with Gasteiger partial charge in [-0.05, 0) is 55.5 Å². The Balaban J connectivity index is 1.31. The first-order chi connectivity index (χ1) is 14.6. The summed E-state index contributed by atoms with van der Waals surface area (Å²) in [6.45, 7) is 4.22. The molecule has 4 rings (SSSR count). The second-order valence-electron chi connectivity index (χ2n) is 7.92. The lowest BCUT2D eigenvalue weighted by Crippen LogP contribution is -2.48. The zero-order chi connectivity index (χ0) is 22.2. The van der Waals surface area contributed by atoms with Gasteiger partial charge in [0.05, 0.1) is 6.54 Å². The van der Waals surface area contributed by atoms with Crippen molar-refractivity contribution in [1.29, 1.82) is 0 Å². The van der Waals surface area contributed by atoms with Crippen LogP contribution in [0.25, 0.3) is 0 Å². The van der Waals surface area contributed by atoms with E-state index >= 15 is 0 Å². The second kappa shape index (κ2) is 7.91. The fourth-order valence-corrected chi connectivity index (χ4v) is 4.02. The van der Waals surface area contributed by atoms with E-state index in [-0.39, 0.29) is 23.6 Å². The molecule has 2 aliphatic heterocycles. The van der Waals surface area contributed by atoms with Crippen molar-refractivity contribution in [3.05, 3.63) is 40.6 Å². The topological polar surface area (TPSA) is 91.9 Å². The molecule has 2 atom stereocenters. The Hall–Kier alpha value is -3.02. The van der Waals surface area contributed by atoms with Crippen molar-refractivity contribution in [1.82, 2.24) is 14.5 Å². The summed E-state index contributed by atoms with van der Waals surface area (Å²) in [7, 11) is 0. The Morgan fingerprint density at radius 1 is 1.32 bits per heavy atom. The van der Waals surface area contributed by atoms with Gasteiger partial charge in [0.25, 0.3) is 0 Å². The molecule has 0 radical (unpaired) electrons. The quantitative estimate of drug-likeness (QED) is 0.480. The van der Waals surface area contributed by atoms with Crippen LogP contribution in [-0.2, 0) is 6.54 Å². The van der Waals surface area contributed by atoms with Gasteiger partial charge in [-0.2, -0.15) is 0 Å². The van der Waals surface area contributed by atoms with Crippen molar-refractivity contribution >= 4 is 5.82 Å². The Kier molecular flexibility index (Phi) is 5.42. The Morgan fingerprint density at radius 3 is 2.68 bits per heavy atom. The summed E-state index contributed by atoms with van der Waals surface area (Å²) < 4.78 is 53.9. The zero-order valence-corrected chi connectivity index (χ0v) is 16.7. The second-order valence-corrected chi connectivity index (χ2v) is 7.92. The molecule has 0 spiro atoms. The fraction of sp³-hybridized carbons (Fsp3) is 0.526. The van der Waals surface area contributed by atoms with Crippen LogP contribution in [0.3, 0.4) is 0 Å². The van der Waals surface area contributed by atoms with Gasteiger partial charge >= 0.3 is 18.2 Å². The lowest BCUT2D eigenvalue weighted by molar-refractivity contribution is -0.389. The fourth-order valence-electron chi connectivity index (χ4n) is 4.02. The van der Waals surface area contributed by atoms with Crippen LogP contribution in [0.4, 0.5) is 19.0 Å². The number of nitrogens with zero attached hydrogens (tertiary/aromatic N) is 4. The van der Waals surface area contributed by atoms with Crippen LogP contribution < -0.4 is 14.2 Å². The van der Waals surface area contributed by atoms with E-state index in [9.17, 15) is 23.3 Å². The highest BCUT2D eigenvalue weighted by atomic mass is 19.4. The number of imidazole rings is 1. The monoisotopic (exact) mass is 442 g/mol. The van der Waals surface area contributed by atoms with Gasteiger partial charge in [0.15, 0.2) is 0 Å². The molecule has 0 unspecified atom stereocenters. The molecule has 0 saturated carbocycles. The number of hydrogen-bond donors (Lipinski definition) is 0. The van der Waals surface area contributed by atoms with Gasteiger partial charge in [0, 0.05) is 17.6 Å². The number of alkyl halides is 3. The van der Waals surface area contributed by atoms with Gasteiger partial charge in [-0.15, -0.1) is 13.2 Å². The van der Waals surface area contributed by atoms with E-state index in [0.29, 0.717) is 25.4 Å². The number of nitro groups is 1. The molecule has 1 saturated heterocycles. The molecule has 0 aliphatic carbocycles. The highest BCUT2D eigenvalue weighted by Crippen LogP contribution is 2.33. The third-order valence-corrected chi connectivity index (χ3v) is 5.29. The van der Waals surface area contributed by atoms with Crippen molar-refractivity contribution in [2.45, 2.75) is 44.3 Å². The molecule has 9 nitrogen and oxygen atoms in total. The average molecular weight is 442 g/mol. The van der Waals surface area contributed by atoms with E-state index in [1.165, 1.54) is 30.5 Å². The van der Waals surface area contributed by atoms with Crippen molar-refractivity contribution < 1.29 is 32.3 Å². The molecule has 1 fully saturated rings. The van der Waals surface area contributed by atoms with Gasteiger partial charge in [-0.3, -0.25) is 9.47 Å². The number of rotatable bonds is 7. The maximum absolute atomic E-state index is 12.3. The minimum absolute atomic E-state index is 0.119. The smallest absolute Gasteiger partial charge is 0.492 e. The van der Waals surface area contributed by atoms with Gasteiger partial charge < -0.3 is 24.3 Å². The van der Waals surface area contributed by atoms with Crippen LogP contribution in [-0.4, -0.2) is 57.1 Å². The number of fused-ring (bicyclic) bond motifs is 1. The molecule has 0 N–H and O–H groups in total. The number of benzene rings is 1. The normalized spacial score (nSPS) is 23.4. The summed E-state index contributed by atoms with van der Waals surface area (Å²) in [6.07, 6.45) is -1.45. The number of likely N-dealkylation sites (tertiary alicyclic amines) is 1. The maximum atomic E-state index is 12.3. The summed E-state index contributed by atoms with van der Waals surface area (Å²) in [5.41, 5.74) is -0.573. The predicted molar refractivity (Wildman–Crippen MR) is 101 cm³/mol. The highest BCUT2D eigenvalue weighted by Gasteiger charge is 2.43. The van der Waals surface area contributed by atoms with Gasteiger partial charge in [-0.1, -0.05) is 0 Å². The predicted octanol–water partition coefficient (Wildman–Crippen LogP) is 3.38. The summed E-state index contributed by atoms with van der Waals surface area (Å²) in [4.78, 5) is 16.4. The van der Waals surface area contributed by atoms with E-state index < -0.39 is 16.9 Å². The minimum Gasteiger partial charge on any atom is -0.492 e. The number of ether oxygens (including phenoxy) is 3. The number of hydrogen-bond acceptors (Lipinski definition) is 7. The van der Waals surface area contributed by atoms with Crippen molar-refractivity contribution in [3.63, 3.8) is 0 Å². The number of halogens is 3. The summed E-state index contributed by atoms with van der Waals surface area (Å²) in [5.74, 6) is -0.0836. The van der Waals surface area contributed by atoms with E-state index in [0.717, 1.165) is 19.4 Å². The van der Waals surface area contributed by atoms with Crippen LogP contribution in [0.15, 0.2) is 30.5 Å². The standard InChI is InChI=1S/C19H21F3N4O5/c1-18(12-25-9-16(26(27)28)23-17(25)31-18)11-24-8-2-3-13(24)10-29-14-4-6-15(7-5-14)30-19(20,21)22/h4-7,9,13H,2-3,8,10-12H2,1H3/t13-,18-/m0/s1. The van der Waals surface area contributed by atoms with Crippen LogP contribution in [0.2, 0.25) is 0 Å². The first-order valence-electron chi connectivity index (χ1n) is 9.73. The molecule has 2 aromatic rings.